The third-order valence-corrected chi connectivity index (χ3v) is 6.47. The lowest BCUT2D eigenvalue weighted by atomic mass is 9.70. The summed E-state index contributed by atoms with van der Waals surface area (Å²) in [5, 5.41) is 0. The lowest BCUT2D eigenvalue weighted by Gasteiger charge is -2.51. The smallest absolute Gasteiger partial charge is 0.305 e. The minimum absolute atomic E-state index is 0.183. The van der Waals surface area contributed by atoms with Gasteiger partial charge in [0.15, 0.2) is 0 Å². The van der Waals surface area contributed by atoms with Gasteiger partial charge in [-0.25, -0.2) is 9.37 Å². The molecule has 0 amide bonds. The minimum atomic E-state index is -0.365. The van der Waals surface area contributed by atoms with Crippen molar-refractivity contribution >= 4 is 17.0 Å². The van der Waals surface area contributed by atoms with Gasteiger partial charge in [-0.2, -0.15) is 0 Å². The molecule has 4 heterocycles. The van der Waals surface area contributed by atoms with Crippen LogP contribution in [0.1, 0.15) is 57.4 Å². The van der Waals surface area contributed by atoms with E-state index in [2.05, 4.69) is 9.97 Å². The third-order valence-electron chi connectivity index (χ3n) is 6.47. The van der Waals surface area contributed by atoms with Crippen LogP contribution in [-0.2, 0) is 20.7 Å². The van der Waals surface area contributed by atoms with E-state index < -0.39 is 0 Å². The van der Waals surface area contributed by atoms with Crippen molar-refractivity contribution in [1.82, 2.24) is 9.97 Å². The number of nitrogens with zero attached hydrogens (tertiary/aromatic N) is 2. The predicted molar refractivity (Wildman–Crippen MR) is 113 cm³/mol. The molecule has 0 aromatic carbocycles. The normalized spacial score (nSPS) is 25.0. The molecule has 2 N–H and O–H groups in total. The zero-order valence-electron chi connectivity index (χ0n) is 18.0. The number of ether oxygens (including phenoxy) is 3. The quantitative estimate of drug-likeness (QED) is 0.480. The number of hydrogen-bond acceptors (Lipinski definition) is 7. The number of pyridine rings is 2. The second-order valence-electron chi connectivity index (χ2n) is 8.69. The summed E-state index contributed by atoms with van der Waals surface area (Å²) < 4.78 is 31.4. The summed E-state index contributed by atoms with van der Waals surface area (Å²) in [5.41, 5.74) is 7.59. The molecule has 8 heteroatoms. The molecule has 0 spiro atoms. The second kappa shape index (κ2) is 9.04. The molecule has 2 aromatic rings. The summed E-state index contributed by atoms with van der Waals surface area (Å²) in [6.45, 7) is 3.05. The van der Waals surface area contributed by atoms with Gasteiger partial charge < -0.3 is 19.9 Å². The van der Waals surface area contributed by atoms with E-state index in [-0.39, 0.29) is 29.3 Å². The summed E-state index contributed by atoms with van der Waals surface area (Å²) in [7, 11) is 0. The molecule has 0 atom stereocenters. The topological polar surface area (TPSA) is 96.6 Å². The van der Waals surface area contributed by atoms with Gasteiger partial charge in [-0.3, -0.25) is 9.78 Å². The average Bonchev–Trinajstić information content (AvgIpc) is 2.77. The Morgan fingerprint density at radius 3 is 2.81 bits per heavy atom. The number of halogens is 1. The maximum absolute atomic E-state index is 14.7. The highest BCUT2D eigenvalue weighted by atomic mass is 19.1. The molecule has 2 aliphatic heterocycles. The van der Waals surface area contributed by atoms with Crippen LogP contribution < -0.4 is 10.5 Å². The van der Waals surface area contributed by atoms with Gasteiger partial charge in [0.25, 0.3) is 0 Å². The van der Waals surface area contributed by atoms with Gasteiger partial charge in [0, 0.05) is 23.6 Å². The van der Waals surface area contributed by atoms with Crippen LogP contribution in [0.3, 0.4) is 0 Å². The number of carbonyl (C=O) groups is 1. The van der Waals surface area contributed by atoms with Crippen molar-refractivity contribution in [3.63, 3.8) is 0 Å². The fraction of sp³-hybridized carbons (Fsp3) is 0.609. The highest BCUT2D eigenvalue weighted by Gasteiger charge is 2.47. The first-order valence-corrected chi connectivity index (χ1v) is 11.1. The number of rotatable bonds is 9. The van der Waals surface area contributed by atoms with Crippen molar-refractivity contribution in [3.8, 4) is 5.88 Å². The van der Waals surface area contributed by atoms with Gasteiger partial charge in [0.2, 0.25) is 5.88 Å². The molecule has 0 radical (unpaired) electrons. The van der Waals surface area contributed by atoms with E-state index in [1.165, 1.54) is 6.20 Å². The van der Waals surface area contributed by atoms with E-state index >= 15 is 0 Å². The van der Waals surface area contributed by atoms with Crippen molar-refractivity contribution in [2.75, 3.05) is 19.8 Å². The Kier molecular flexibility index (Phi) is 6.39. The van der Waals surface area contributed by atoms with Gasteiger partial charge in [-0.05, 0) is 57.9 Å². The van der Waals surface area contributed by atoms with E-state index in [4.69, 9.17) is 19.9 Å². The molecule has 2 saturated heterocycles. The zero-order valence-corrected chi connectivity index (χ0v) is 18.0. The summed E-state index contributed by atoms with van der Waals surface area (Å²) in [5.74, 6) is -0.219. The SMILES string of the molecule is CCOC(=O)CCCOc1ccc2ncc(F)c(CCC34CCC(N)(CC3)CO4)c2n1. The molecular formula is C23H30FN3O4. The summed E-state index contributed by atoms with van der Waals surface area (Å²) >= 11 is 0. The molecule has 0 unspecified atom stereocenters. The van der Waals surface area contributed by atoms with E-state index in [1.54, 1.807) is 19.1 Å². The van der Waals surface area contributed by atoms with Crippen LogP contribution in [0.25, 0.3) is 11.0 Å². The largest absolute Gasteiger partial charge is 0.478 e. The van der Waals surface area contributed by atoms with E-state index in [1.807, 2.05) is 0 Å². The fourth-order valence-electron chi connectivity index (χ4n) is 4.49. The van der Waals surface area contributed by atoms with Crippen LogP contribution in [0.4, 0.5) is 4.39 Å². The van der Waals surface area contributed by atoms with Crippen molar-refractivity contribution in [2.45, 2.75) is 69.4 Å². The van der Waals surface area contributed by atoms with E-state index in [0.29, 0.717) is 55.1 Å². The van der Waals surface area contributed by atoms with Crippen LogP contribution in [0.2, 0.25) is 0 Å². The summed E-state index contributed by atoms with van der Waals surface area (Å²) in [6, 6.07) is 3.50. The lowest BCUT2D eigenvalue weighted by Crippen LogP contribution is -2.59. The number of carbonyl (C=O) groups excluding carboxylic acids is 1. The van der Waals surface area contributed by atoms with Crippen molar-refractivity contribution in [3.05, 3.63) is 29.7 Å². The van der Waals surface area contributed by atoms with Crippen LogP contribution >= 0.6 is 0 Å². The van der Waals surface area contributed by atoms with Gasteiger partial charge in [0.05, 0.1) is 42.7 Å². The first kappa shape index (κ1) is 21.9. The van der Waals surface area contributed by atoms with Crippen molar-refractivity contribution in [2.24, 2.45) is 5.73 Å². The Bertz CT molecular complexity index is 927. The molecular weight excluding hydrogens is 401 g/mol. The summed E-state index contributed by atoms with van der Waals surface area (Å²) in [6.07, 6.45) is 7.04. The maximum Gasteiger partial charge on any atom is 0.305 e. The molecule has 3 fully saturated rings. The average molecular weight is 432 g/mol. The minimum Gasteiger partial charge on any atom is -0.478 e. The second-order valence-corrected chi connectivity index (χ2v) is 8.69. The van der Waals surface area contributed by atoms with Gasteiger partial charge in [0.1, 0.15) is 5.82 Å². The Balaban J connectivity index is 1.43. The molecule has 2 aromatic heterocycles. The molecule has 2 bridgehead atoms. The Labute approximate surface area is 181 Å². The summed E-state index contributed by atoms with van der Waals surface area (Å²) in [4.78, 5) is 20.1. The molecule has 1 aliphatic carbocycles. The number of aromatic nitrogens is 2. The van der Waals surface area contributed by atoms with Gasteiger partial charge in [-0.1, -0.05) is 0 Å². The highest BCUT2D eigenvalue weighted by Crippen LogP contribution is 2.45. The number of hydrogen-bond donors (Lipinski definition) is 1. The molecule has 1 saturated carbocycles. The molecule has 168 valence electrons. The fourth-order valence-corrected chi connectivity index (χ4v) is 4.49. The standard InChI is InChI=1S/C23H30FN3O4/c1-2-29-20(28)4-3-13-30-19-6-5-18-21(27-19)16(17(24)14-26-18)7-8-23-11-9-22(25,10-12-23)15-31-23/h5-6,14H,2-4,7-13,15,25H2,1H3. The highest BCUT2D eigenvalue weighted by molar-refractivity contribution is 5.78. The number of esters is 1. The van der Waals surface area contributed by atoms with Crippen LogP contribution in [-0.4, -0.2) is 46.9 Å². The molecule has 7 nitrogen and oxygen atoms in total. The van der Waals surface area contributed by atoms with Gasteiger partial charge in [-0.15, -0.1) is 0 Å². The van der Waals surface area contributed by atoms with Crippen molar-refractivity contribution < 1.29 is 23.4 Å². The number of nitrogens with two attached hydrogens (primary N) is 1. The Morgan fingerprint density at radius 2 is 2.10 bits per heavy atom. The Hall–Kier alpha value is -2.32. The predicted octanol–water partition coefficient (Wildman–Crippen LogP) is 3.46. The van der Waals surface area contributed by atoms with Crippen molar-refractivity contribution in [1.29, 1.82) is 0 Å². The van der Waals surface area contributed by atoms with Crippen LogP contribution in [0.5, 0.6) is 5.88 Å². The number of aryl methyl sites for hydroxylation is 1. The van der Waals surface area contributed by atoms with Gasteiger partial charge >= 0.3 is 5.97 Å². The number of fused-ring (bicyclic) bond motifs is 4. The van der Waals surface area contributed by atoms with E-state index in [0.717, 1.165) is 32.1 Å². The maximum atomic E-state index is 14.7. The first-order chi connectivity index (χ1) is 14.9. The van der Waals surface area contributed by atoms with E-state index in [9.17, 15) is 9.18 Å². The molecule has 3 aliphatic rings. The zero-order chi connectivity index (χ0) is 21.9. The third kappa shape index (κ3) is 4.96. The lowest BCUT2D eigenvalue weighted by molar-refractivity contribution is -0.156. The monoisotopic (exact) mass is 431 g/mol. The van der Waals surface area contributed by atoms with Crippen LogP contribution in [0, 0.1) is 5.82 Å². The Morgan fingerprint density at radius 1 is 1.29 bits per heavy atom. The molecule has 31 heavy (non-hydrogen) atoms. The molecule has 5 rings (SSSR count). The van der Waals surface area contributed by atoms with Crippen LogP contribution in [0.15, 0.2) is 18.3 Å². The first-order valence-electron chi connectivity index (χ1n) is 11.1.